The smallest absolute Gasteiger partial charge is 0.256 e. The third-order valence-corrected chi connectivity index (χ3v) is 6.04. The van der Waals surface area contributed by atoms with Gasteiger partial charge >= 0.3 is 0 Å². The van der Waals surface area contributed by atoms with E-state index in [1.807, 2.05) is 11.0 Å². The zero-order valence-electron chi connectivity index (χ0n) is 10.4. The summed E-state index contributed by atoms with van der Waals surface area (Å²) in [5, 5.41) is 3.36. The SMILES string of the molecule is O=C(c1cc(Br)sc1Br)N1CC(N2CCNCC2)C1. The number of hydrogen-bond donors (Lipinski definition) is 1. The molecule has 0 unspecified atom stereocenters. The lowest BCUT2D eigenvalue weighted by Gasteiger charge is -2.46. The molecule has 19 heavy (non-hydrogen) atoms. The molecule has 3 rings (SSSR count). The molecular formula is C12H15Br2N3OS. The Morgan fingerprint density at radius 1 is 1.32 bits per heavy atom. The second-order valence-electron chi connectivity index (χ2n) is 4.89. The standard InChI is InChI=1S/C12H15Br2N3OS/c13-10-5-9(11(14)19-10)12(18)17-6-8(7-17)16-3-1-15-2-4-16/h5,8,15H,1-4,6-7H2. The minimum Gasteiger partial charge on any atom is -0.335 e. The molecule has 0 spiro atoms. The van der Waals surface area contributed by atoms with Crippen LogP contribution in [0.25, 0.3) is 0 Å². The van der Waals surface area contributed by atoms with Crippen LogP contribution >= 0.6 is 43.2 Å². The van der Waals surface area contributed by atoms with Gasteiger partial charge in [0.05, 0.1) is 13.1 Å². The largest absolute Gasteiger partial charge is 0.335 e. The highest BCUT2D eigenvalue weighted by molar-refractivity contribution is 9.12. The van der Waals surface area contributed by atoms with E-state index in [1.165, 1.54) is 0 Å². The molecule has 0 radical (unpaired) electrons. The molecule has 2 aliphatic heterocycles. The summed E-state index contributed by atoms with van der Waals surface area (Å²) < 4.78 is 1.90. The first-order valence-corrected chi connectivity index (χ1v) is 8.74. The van der Waals surface area contributed by atoms with Crippen LogP contribution in [0.2, 0.25) is 0 Å². The van der Waals surface area contributed by atoms with Crippen molar-refractivity contribution in [3.8, 4) is 0 Å². The summed E-state index contributed by atoms with van der Waals surface area (Å²) in [5.41, 5.74) is 0.774. The molecule has 104 valence electrons. The summed E-state index contributed by atoms with van der Waals surface area (Å²) in [6, 6.07) is 2.45. The summed E-state index contributed by atoms with van der Waals surface area (Å²) in [6.45, 7) is 6.04. The maximum atomic E-state index is 12.3. The maximum absolute atomic E-state index is 12.3. The Labute approximate surface area is 133 Å². The van der Waals surface area contributed by atoms with E-state index in [4.69, 9.17) is 0 Å². The topological polar surface area (TPSA) is 35.6 Å². The number of halogens is 2. The van der Waals surface area contributed by atoms with Gasteiger partial charge in [0.2, 0.25) is 0 Å². The Morgan fingerprint density at radius 2 is 2.00 bits per heavy atom. The number of hydrogen-bond acceptors (Lipinski definition) is 4. The Bertz CT molecular complexity index is 481. The molecule has 1 aromatic rings. The van der Waals surface area contributed by atoms with E-state index in [0.29, 0.717) is 6.04 Å². The van der Waals surface area contributed by atoms with Crippen LogP contribution in [0.3, 0.4) is 0 Å². The maximum Gasteiger partial charge on any atom is 0.256 e. The van der Waals surface area contributed by atoms with Gasteiger partial charge in [0, 0.05) is 45.3 Å². The van der Waals surface area contributed by atoms with E-state index in [2.05, 4.69) is 42.1 Å². The molecule has 2 saturated heterocycles. The fraction of sp³-hybridized carbons (Fsp3) is 0.583. The molecule has 1 N–H and O–H groups in total. The first kappa shape index (κ1) is 14.0. The van der Waals surface area contributed by atoms with Gasteiger partial charge < -0.3 is 10.2 Å². The molecule has 3 heterocycles. The highest BCUT2D eigenvalue weighted by Gasteiger charge is 2.36. The lowest BCUT2D eigenvalue weighted by molar-refractivity contribution is 0.0227. The minimum absolute atomic E-state index is 0.139. The van der Waals surface area contributed by atoms with E-state index in [0.717, 1.165) is 52.4 Å². The van der Waals surface area contributed by atoms with Crippen LogP contribution in [-0.4, -0.2) is 61.0 Å². The van der Waals surface area contributed by atoms with Gasteiger partial charge in [-0.2, -0.15) is 0 Å². The van der Waals surface area contributed by atoms with Crippen LogP contribution in [0.4, 0.5) is 0 Å². The van der Waals surface area contributed by atoms with Crippen molar-refractivity contribution < 1.29 is 4.79 Å². The molecule has 2 fully saturated rings. The summed E-state index contributed by atoms with van der Waals surface area (Å²) in [4.78, 5) is 16.8. The molecular weight excluding hydrogens is 394 g/mol. The number of likely N-dealkylation sites (tertiary alicyclic amines) is 1. The first-order chi connectivity index (χ1) is 9.15. The lowest BCUT2D eigenvalue weighted by atomic mass is 10.1. The number of carbonyl (C=O) groups excluding carboxylic acids is 1. The molecule has 0 bridgehead atoms. The molecule has 4 nitrogen and oxygen atoms in total. The zero-order chi connectivity index (χ0) is 13.4. The average molecular weight is 409 g/mol. The summed E-state index contributed by atoms with van der Waals surface area (Å²) in [6.07, 6.45) is 0. The molecule has 1 amide bonds. The van der Waals surface area contributed by atoms with Crippen LogP contribution < -0.4 is 5.32 Å². The van der Waals surface area contributed by atoms with E-state index in [9.17, 15) is 4.79 Å². The van der Waals surface area contributed by atoms with Crippen LogP contribution in [0.15, 0.2) is 13.6 Å². The number of rotatable bonds is 2. The van der Waals surface area contributed by atoms with Crippen molar-refractivity contribution in [2.75, 3.05) is 39.3 Å². The van der Waals surface area contributed by atoms with Gasteiger partial charge in [-0.25, -0.2) is 0 Å². The first-order valence-electron chi connectivity index (χ1n) is 6.34. The monoisotopic (exact) mass is 407 g/mol. The van der Waals surface area contributed by atoms with Crippen molar-refractivity contribution in [3.63, 3.8) is 0 Å². The van der Waals surface area contributed by atoms with Crippen molar-refractivity contribution in [3.05, 3.63) is 19.2 Å². The highest BCUT2D eigenvalue weighted by atomic mass is 79.9. The second kappa shape index (κ2) is 5.81. The van der Waals surface area contributed by atoms with Gasteiger partial charge in [-0.15, -0.1) is 11.3 Å². The number of nitrogens with zero attached hydrogens (tertiary/aromatic N) is 2. The fourth-order valence-corrected chi connectivity index (χ4v) is 5.33. The second-order valence-corrected chi connectivity index (χ2v) is 8.64. The summed E-state index contributed by atoms with van der Waals surface area (Å²) >= 11 is 8.42. The molecule has 0 aromatic carbocycles. The van der Waals surface area contributed by atoms with Crippen molar-refractivity contribution in [1.29, 1.82) is 0 Å². The van der Waals surface area contributed by atoms with Gasteiger partial charge in [-0.3, -0.25) is 9.69 Å². The van der Waals surface area contributed by atoms with Crippen molar-refractivity contribution >= 4 is 49.1 Å². The van der Waals surface area contributed by atoms with E-state index in [1.54, 1.807) is 11.3 Å². The van der Waals surface area contributed by atoms with Crippen LogP contribution in [0, 0.1) is 0 Å². The van der Waals surface area contributed by atoms with E-state index in [-0.39, 0.29) is 5.91 Å². The van der Waals surface area contributed by atoms with Crippen molar-refractivity contribution in [1.82, 2.24) is 15.1 Å². The third-order valence-electron chi connectivity index (χ3n) is 3.70. The number of thiophene rings is 1. The average Bonchev–Trinajstić information content (AvgIpc) is 2.68. The fourth-order valence-electron chi connectivity index (χ4n) is 2.56. The van der Waals surface area contributed by atoms with Crippen LogP contribution in [0.5, 0.6) is 0 Å². The normalized spacial score (nSPS) is 21.5. The van der Waals surface area contributed by atoms with Gasteiger partial charge in [-0.05, 0) is 37.9 Å². The zero-order valence-corrected chi connectivity index (χ0v) is 14.4. The lowest BCUT2D eigenvalue weighted by Crippen LogP contribution is -2.63. The number of amides is 1. The molecule has 0 saturated carbocycles. The number of carbonyl (C=O) groups is 1. The van der Waals surface area contributed by atoms with Gasteiger partial charge in [0.1, 0.15) is 0 Å². The van der Waals surface area contributed by atoms with Gasteiger partial charge in [0.25, 0.3) is 5.91 Å². The third kappa shape index (κ3) is 2.90. The van der Waals surface area contributed by atoms with Gasteiger partial charge in [-0.1, -0.05) is 0 Å². The van der Waals surface area contributed by atoms with E-state index < -0.39 is 0 Å². The molecule has 7 heteroatoms. The van der Waals surface area contributed by atoms with Crippen molar-refractivity contribution in [2.24, 2.45) is 0 Å². The quantitative estimate of drug-likeness (QED) is 0.812. The predicted molar refractivity (Wildman–Crippen MR) is 83.9 cm³/mol. The molecule has 0 aliphatic carbocycles. The molecule has 0 atom stereocenters. The van der Waals surface area contributed by atoms with E-state index >= 15 is 0 Å². The Balaban J connectivity index is 1.58. The Hall–Kier alpha value is 0.0500. The minimum atomic E-state index is 0.139. The van der Waals surface area contributed by atoms with Gasteiger partial charge in [0.15, 0.2) is 0 Å². The molecule has 1 aromatic heterocycles. The predicted octanol–water partition coefficient (Wildman–Crippen LogP) is 2.00. The number of piperazine rings is 1. The Morgan fingerprint density at radius 3 is 2.58 bits per heavy atom. The summed E-state index contributed by atoms with van der Waals surface area (Å²) in [5.74, 6) is 0.139. The van der Waals surface area contributed by atoms with Crippen LogP contribution in [0.1, 0.15) is 10.4 Å². The molecule has 2 aliphatic rings. The van der Waals surface area contributed by atoms with Crippen molar-refractivity contribution in [2.45, 2.75) is 6.04 Å². The highest BCUT2D eigenvalue weighted by Crippen LogP contribution is 2.33. The van der Waals surface area contributed by atoms with Crippen LogP contribution in [-0.2, 0) is 0 Å². The Kier molecular flexibility index (Phi) is 4.28. The number of nitrogens with one attached hydrogen (secondary N) is 1. The summed E-state index contributed by atoms with van der Waals surface area (Å²) in [7, 11) is 0.